The molecule has 58 heavy (non-hydrogen) atoms. The first-order valence-corrected chi connectivity index (χ1v) is 21.3. The minimum absolute atomic E-state index is 0.885. The van der Waals surface area contributed by atoms with Gasteiger partial charge in [-0.25, -0.2) is 9.97 Å². The average Bonchev–Trinajstić information content (AvgIpc) is 3.87. The molecule has 0 saturated carbocycles. The molecule has 0 bridgehead atoms. The van der Waals surface area contributed by atoms with E-state index in [0.717, 1.165) is 44.3 Å². The number of fused-ring (bicyclic) bond motifs is 14. The molecule has 3 aromatic heterocycles. The molecule has 10 aromatic carbocycles. The van der Waals surface area contributed by atoms with E-state index in [2.05, 4.69) is 182 Å². The van der Waals surface area contributed by atoms with Crippen LogP contribution in [0.3, 0.4) is 0 Å². The third-order valence-electron chi connectivity index (χ3n) is 12.0. The summed E-state index contributed by atoms with van der Waals surface area (Å²) in [6.07, 6.45) is 0. The zero-order chi connectivity index (χ0) is 37.9. The molecule has 0 unspecified atom stereocenters. The van der Waals surface area contributed by atoms with Crippen molar-refractivity contribution in [2.24, 2.45) is 0 Å². The Bertz CT molecular complexity index is 3860. The lowest BCUT2D eigenvalue weighted by molar-refractivity contribution is 1.31. The third-order valence-corrected chi connectivity index (χ3v) is 14.3. The maximum absolute atomic E-state index is 5.69. The first-order chi connectivity index (χ1) is 28.8. The molecule has 3 heterocycles. The Kier molecular flexibility index (Phi) is 6.79. The quantitative estimate of drug-likeness (QED) is 0.167. The van der Waals surface area contributed by atoms with Crippen molar-refractivity contribution in [3.05, 3.63) is 182 Å². The van der Waals surface area contributed by atoms with Crippen LogP contribution in [0.15, 0.2) is 182 Å². The van der Waals surface area contributed by atoms with Crippen molar-refractivity contribution in [2.45, 2.75) is 0 Å². The van der Waals surface area contributed by atoms with Crippen molar-refractivity contribution in [1.82, 2.24) is 9.97 Å². The van der Waals surface area contributed by atoms with Crippen LogP contribution in [0.2, 0.25) is 0 Å². The number of rotatable bonds is 3. The molecule has 0 spiro atoms. The van der Waals surface area contributed by atoms with Gasteiger partial charge in [0.2, 0.25) is 0 Å². The number of aromatic nitrogens is 2. The molecule has 268 valence electrons. The van der Waals surface area contributed by atoms with Crippen molar-refractivity contribution in [3.63, 3.8) is 0 Å². The maximum atomic E-state index is 5.69. The van der Waals surface area contributed by atoms with E-state index in [-0.39, 0.29) is 0 Å². The molecule has 0 atom stereocenters. The summed E-state index contributed by atoms with van der Waals surface area (Å²) in [5.41, 5.74) is 8.27. The van der Waals surface area contributed by atoms with Crippen LogP contribution in [0.1, 0.15) is 0 Å². The largest absolute Gasteiger partial charge is 0.244 e. The summed E-state index contributed by atoms with van der Waals surface area (Å²) in [6.45, 7) is 0. The SMILES string of the molecule is c1ccc(-c2nc3ccc4ccccc4c3nc2-c2cc3ccccc3c3c(-c4cccc5c4sc4ccccc45)c4c(cc23)sc2ccc3ccccc3c24)cc1. The monoisotopic (exact) mass is 770 g/mol. The molecule has 2 nitrogen and oxygen atoms in total. The Labute approximate surface area is 340 Å². The minimum Gasteiger partial charge on any atom is -0.244 e. The highest BCUT2D eigenvalue weighted by Gasteiger charge is 2.25. The average molecular weight is 771 g/mol. The molecule has 0 fully saturated rings. The second-order valence-corrected chi connectivity index (χ2v) is 17.3. The Hall–Kier alpha value is -6.98. The molecule has 0 saturated heterocycles. The van der Waals surface area contributed by atoms with Crippen molar-refractivity contribution in [2.75, 3.05) is 0 Å². The van der Waals surface area contributed by atoms with Gasteiger partial charge in [-0.2, -0.15) is 0 Å². The van der Waals surface area contributed by atoms with Gasteiger partial charge in [0, 0.05) is 68.0 Å². The highest BCUT2D eigenvalue weighted by molar-refractivity contribution is 7.27. The van der Waals surface area contributed by atoms with E-state index in [1.54, 1.807) is 0 Å². The number of thiophene rings is 2. The van der Waals surface area contributed by atoms with Crippen molar-refractivity contribution < 1.29 is 0 Å². The predicted molar refractivity (Wildman–Crippen MR) is 252 cm³/mol. The molecule has 4 heteroatoms. The van der Waals surface area contributed by atoms with Crippen LogP contribution >= 0.6 is 22.7 Å². The summed E-state index contributed by atoms with van der Waals surface area (Å²) < 4.78 is 5.18. The summed E-state index contributed by atoms with van der Waals surface area (Å²) in [4.78, 5) is 11.2. The Balaban J connectivity index is 1.28. The summed E-state index contributed by atoms with van der Waals surface area (Å²) in [5.74, 6) is 0. The molecule has 0 amide bonds. The second kappa shape index (κ2) is 12.3. The highest BCUT2D eigenvalue weighted by atomic mass is 32.1. The zero-order valence-electron chi connectivity index (χ0n) is 31.0. The van der Waals surface area contributed by atoms with E-state index in [1.165, 1.54) is 83.8 Å². The zero-order valence-corrected chi connectivity index (χ0v) is 32.7. The van der Waals surface area contributed by atoms with Crippen molar-refractivity contribution >= 4 is 117 Å². The van der Waals surface area contributed by atoms with Gasteiger partial charge in [0.1, 0.15) is 0 Å². The van der Waals surface area contributed by atoms with Gasteiger partial charge in [-0.15, -0.1) is 22.7 Å². The summed E-state index contributed by atoms with van der Waals surface area (Å²) in [6, 6.07) is 66.4. The fourth-order valence-electron chi connectivity index (χ4n) is 9.46. The van der Waals surface area contributed by atoms with Crippen LogP contribution in [-0.4, -0.2) is 9.97 Å². The fraction of sp³-hybridized carbons (Fsp3) is 0. The van der Waals surface area contributed by atoms with Crippen LogP contribution in [-0.2, 0) is 0 Å². The van der Waals surface area contributed by atoms with Gasteiger partial charge in [0.25, 0.3) is 0 Å². The topological polar surface area (TPSA) is 25.8 Å². The second-order valence-electron chi connectivity index (χ2n) is 15.2. The molecular weight excluding hydrogens is 741 g/mol. The number of hydrogen-bond donors (Lipinski definition) is 0. The van der Waals surface area contributed by atoms with Crippen LogP contribution in [0.4, 0.5) is 0 Å². The third kappa shape index (κ3) is 4.58. The first-order valence-electron chi connectivity index (χ1n) is 19.7. The lowest BCUT2D eigenvalue weighted by atomic mass is 9.86. The predicted octanol–water partition coefficient (Wildman–Crippen LogP) is 16.0. The van der Waals surface area contributed by atoms with E-state index in [4.69, 9.17) is 9.97 Å². The molecule has 0 N–H and O–H groups in total. The van der Waals surface area contributed by atoms with Crippen LogP contribution in [0.5, 0.6) is 0 Å². The van der Waals surface area contributed by atoms with Crippen molar-refractivity contribution in [3.8, 4) is 33.6 Å². The van der Waals surface area contributed by atoms with Gasteiger partial charge in [0.15, 0.2) is 0 Å². The van der Waals surface area contributed by atoms with E-state index in [9.17, 15) is 0 Å². The summed E-state index contributed by atoms with van der Waals surface area (Å²) >= 11 is 3.79. The van der Waals surface area contributed by atoms with Crippen molar-refractivity contribution in [1.29, 1.82) is 0 Å². The Morgan fingerprint density at radius 2 is 1.02 bits per heavy atom. The molecule has 0 aliphatic heterocycles. The standard InChI is InChI=1S/C54H30N2S2/c1-2-15-33(16-3-1)51-53(56-52-37-20-9-5-14-32(37)25-27-43(52)55-51)42-29-34-17-6-8-19-36(34)47-41(42)30-46-50(48-35-18-7-4-13-31(35)26-28-45(48)57-46)49(47)40-23-12-22-39-38-21-10-11-24-44(38)58-54(39)40/h1-30H. The lowest BCUT2D eigenvalue weighted by Crippen LogP contribution is -1.98. The molecule has 0 aliphatic rings. The molecule has 13 aromatic rings. The number of benzene rings is 10. The van der Waals surface area contributed by atoms with E-state index >= 15 is 0 Å². The van der Waals surface area contributed by atoms with Crippen LogP contribution < -0.4 is 0 Å². The Morgan fingerprint density at radius 1 is 0.345 bits per heavy atom. The first kappa shape index (κ1) is 32.1. The molecular formula is C54H30N2S2. The van der Waals surface area contributed by atoms with Gasteiger partial charge in [-0.1, -0.05) is 152 Å². The lowest BCUT2D eigenvalue weighted by Gasteiger charge is -2.19. The molecule has 0 radical (unpaired) electrons. The van der Waals surface area contributed by atoms with Crippen LogP contribution in [0, 0.1) is 0 Å². The van der Waals surface area contributed by atoms with Crippen LogP contribution in [0.25, 0.3) is 128 Å². The van der Waals surface area contributed by atoms with Gasteiger partial charge in [-0.05, 0) is 68.0 Å². The van der Waals surface area contributed by atoms with Gasteiger partial charge < -0.3 is 0 Å². The van der Waals surface area contributed by atoms with E-state index < -0.39 is 0 Å². The van der Waals surface area contributed by atoms with Gasteiger partial charge in [-0.3, -0.25) is 0 Å². The Morgan fingerprint density at radius 3 is 1.86 bits per heavy atom. The smallest absolute Gasteiger partial charge is 0.0979 e. The maximum Gasteiger partial charge on any atom is 0.0979 e. The summed E-state index contributed by atoms with van der Waals surface area (Å²) in [5, 5.41) is 14.9. The molecule has 0 aliphatic carbocycles. The van der Waals surface area contributed by atoms with Gasteiger partial charge >= 0.3 is 0 Å². The van der Waals surface area contributed by atoms with E-state index in [1.807, 2.05) is 22.7 Å². The summed E-state index contributed by atoms with van der Waals surface area (Å²) in [7, 11) is 0. The highest BCUT2D eigenvalue weighted by Crippen LogP contribution is 2.53. The molecule has 13 rings (SSSR count). The minimum atomic E-state index is 0.885. The normalized spacial score (nSPS) is 12.1. The van der Waals surface area contributed by atoms with Gasteiger partial charge in [0.05, 0.1) is 22.4 Å². The fourth-order valence-corrected chi connectivity index (χ4v) is 11.9. The van der Waals surface area contributed by atoms with E-state index in [0.29, 0.717) is 0 Å². The number of hydrogen-bond acceptors (Lipinski definition) is 4. The number of nitrogens with zero attached hydrogens (tertiary/aromatic N) is 2.